The molecule has 42 heavy (non-hydrogen) atoms. The number of carbonyl (C=O) groups excluding carboxylic acids is 2. The van der Waals surface area contributed by atoms with Gasteiger partial charge in [0.15, 0.2) is 28.7 Å². The molecule has 3 N–H and O–H groups in total. The fraction of sp³-hybridized carbons (Fsp3) is 0.464. The Labute approximate surface area is 241 Å². The third kappa shape index (κ3) is 7.89. The molecule has 0 spiro atoms. The van der Waals surface area contributed by atoms with E-state index in [1.165, 1.54) is 7.05 Å². The van der Waals surface area contributed by atoms with Crippen LogP contribution in [0, 0.1) is 5.41 Å². The molecule has 1 aromatic carbocycles. The number of carbonyl (C=O) groups is 3. The van der Waals surface area contributed by atoms with E-state index < -0.39 is 18.1 Å². The molecular weight excluding hydrogens is 561 g/mol. The Kier molecular flexibility index (Phi) is 10.9. The number of aliphatic carboxylic acids is 1. The fourth-order valence-corrected chi connectivity index (χ4v) is 4.03. The Bertz CT molecular complexity index is 1350. The van der Waals surface area contributed by atoms with Gasteiger partial charge in [0.2, 0.25) is 0 Å². The maximum absolute atomic E-state index is 13.4. The summed E-state index contributed by atoms with van der Waals surface area (Å²) in [5, 5.41) is 18.3. The second kappa shape index (κ2) is 13.5. The van der Waals surface area contributed by atoms with Gasteiger partial charge in [-0.1, -0.05) is 20.8 Å². The number of hydrogen-bond acceptors (Lipinski definition) is 8. The van der Waals surface area contributed by atoms with Crippen molar-refractivity contribution in [2.45, 2.75) is 52.8 Å². The Morgan fingerprint density at radius 2 is 1.64 bits per heavy atom. The van der Waals surface area contributed by atoms with Crippen LogP contribution in [0.4, 0.5) is 13.2 Å². The minimum Gasteiger partial charge on any atom is -0.493 e. The summed E-state index contributed by atoms with van der Waals surface area (Å²) in [6.45, 7) is 11.0. The Morgan fingerprint density at radius 1 is 1.07 bits per heavy atom. The van der Waals surface area contributed by atoms with E-state index in [4.69, 9.17) is 29.5 Å². The second-order valence-corrected chi connectivity index (χ2v) is 10.0. The zero-order valence-corrected chi connectivity index (χ0v) is 24.5. The third-order valence-electron chi connectivity index (χ3n) is 5.98. The van der Waals surface area contributed by atoms with Crippen molar-refractivity contribution in [3.05, 3.63) is 46.3 Å². The smallest absolute Gasteiger partial charge is 0.490 e. The number of rotatable bonds is 9. The van der Waals surface area contributed by atoms with Gasteiger partial charge in [-0.2, -0.15) is 13.2 Å². The molecule has 230 valence electrons. The van der Waals surface area contributed by atoms with E-state index in [0.717, 1.165) is 11.1 Å². The van der Waals surface area contributed by atoms with Crippen molar-refractivity contribution in [1.29, 1.82) is 5.41 Å². The van der Waals surface area contributed by atoms with Gasteiger partial charge in [0, 0.05) is 30.3 Å². The molecule has 1 amide bonds. The van der Waals surface area contributed by atoms with Gasteiger partial charge in [0.25, 0.3) is 5.91 Å². The number of aromatic nitrogens is 1. The van der Waals surface area contributed by atoms with Crippen LogP contribution in [0.1, 0.15) is 72.3 Å². The number of carboxylic acid groups (broad SMARTS) is 1. The predicted molar refractivity (Wildman–Crippen MR) is 147 cm³/mol. The van der Waals surface area contributed by atoms with Gasteiger partial charge < -0.3 is 29.5 Å². The van der Waals surface area contributed by atoms with Crippen LogP contribution in [0.25, 0.3) is 0 Å². The summed E-state index contributed by atoms with van der Waals surface area (Å²) in [4.78, 5) is 40.6. The maximum Gasteiger partial charge on any atom is 0.490 e. The lowest BCUT2D eigenvalue weighted by Gasteiger charge is -2.25. The number of amides is 1. The van der Waals surface area contributed by atoms with Crippen molar-refractivity contribution in [2.24, 2.45) is 0 Å². The number of benzene rings is 1. The molecule has 1 aliphatic heterocycles. The molecule has 2 heterocycles. The lowest BCUT2D eigenvalue weighted by atomic mass is 9.84. The van der Waals surface area contributed by atoms with Crippen LogP contribution in [0.2, 0.25) is 0 Å². The zero-order chi connectivity index (χ0) is 32.0. The maximum atomic E-state index is 13.4. The van der Waals surface area contributed by atoms with Crippen LogP contribution in [-0.4, -0.2) is 78.6 Å². The molecule has 1 aromatic heterocycles. The molecule has 1 aliphatic rings. The molecule has 0 aliphatic carbocycles. The van der Waals surface area contributed by atoms with Gasteiger partial charge in [-0.3, -0.25) is 15.0 Å². The lowest BCUT2D eigenvalue weighted by molar-refractivity contribution is -0.192. The zero-order valence-electron chi connectivity index (χ0n) is 24.5. The summed E-state index contributed by atoms with van der Waals surface area (Å²) in [6, 6.07) is 5.27. The molecule has 0 unspecified atom stereocenters. The first-order valence-corrected chi connectivity index (χ1v) is 12.9. The average molecular weight is 597 g/mol. The molecule has 0 bridgehead atoms. The van der Waals surface area contributed by atoms with Crippen molar-refractivity contribution in [1.82, 2.24) is 15.2 Å². The standard InChI is InChI=1S/C26H34N4O5.C2HF3O2/c1-8-34-19-12-16-13-30(24(27)21(16)29-22(19)25(32)28-6)14-18(31)15-10-17(26(3,4)5)23(33-7)20(11-15)35-9-2;3-2(4,5)1(6)7/h10-12,27H,8-9,13-14H2,1-7H3,(H,28,32);(H,6,7). The number of carboxylic acids is 1. The van der Waals surface area contributed by atoms with Crippen molar-refractivity contribution < 1.29 is 46.9 Å². The first-order chi connectivity index (χ1) is 19.5. The number of halogens is 3. The monoisotopic (exact) mass is 596 g/mol. The van der Waals surface area contributed by atoms with E-state index in [0.29, 0.717) is 48.3 Å². The molecule has 11 nitrogen and oxygen atoms in total. The number of hydrogen-bond donors (Lipinski definition) is 3. The summed E-state index contributed by atoms with van der Waals surface area (Å²) in [5.41, 5.74) is 2.31. The van der Waals surface area contributed by atoms with E-state index >= 15 is 0 Å². The SMILES string of the molecule is CCOc1cc2c(nc1C(=O)NC)C(=N)N(CC(=O)c1cc(OCC)c(OC)c(C(C)(C)C)c1)C2.O=C(O)C(F)(F)F. The van der Waals surface area contributed by atoms with E-state index in [2.05, 4.69) is 10.3 Å². The second-order valence-electron chi connectivity index (χ2n) is 10.0. The van der Waals surface area contributed by atoms with Crippen molar-refractivity contribution >= 4 is 23.5 Å². The minimum atomic E-state index is -5.08. The quantitative estimate of drug-likeness (QED) is 0.362. The molecular formula is C28H35F3N4O7. The van der Waals surface area contributed by atoms with Gasteiger partial charge in [-0.05, 0) is 37.5 Å². The van der Waals surface area contributed by atoms with Crippen LogP contribution in [0.3, 0.4) is 0 Å². The Morgan fingerprint density at radius 3 is 2.12 bits per heavy atom. The summed E-state index contributed by atoms with van der Waals surface area (Å²) < 4.78 is 48.7. The van der Waals surface area contributed by atoms with Crippen LogP contribution in [-0.2, 0) is 16.8 Å². The summed E-state index contributed by atoms with van der Waals surface area (Å²) in [7, 11) is 3.11. The highest BCUT2D eigenvalue weighted by molar-refractivity contribution is 6.05. The summed E-state index contributed by atoms with van der Waals surface area (Å²) >= 11 is 0. The molecule has 3 rings (SSSR count). The molecule has 0 fully saturated rings. The highest BCUT2D eigenvalue weighted by Gasteiger charge is 2.38. The molecule has 2 aromatic rings. The Hall–Kier alpha value is -4.36. The normalized spacial score (nSPS) is 12.6. The van der Waals surface area contributed by atoms with Crippen molar-refractivity contribution in [3.8, 4) is 17.2 Å². The van der Waals surface area contributed by atoms with Gasteiger partial charge >= 0.3 is 12.1 Å². The molecule has 14 heteroatoms. The number of ether oxygens (including phenoxy) is 3. The van der Waals surface area contributed by atoms with E-state index in [9.17, 15) is 22.8 Å². The van der Waals surface area contributed by atoms with Crippen molar-refractivity contribution in [2.75, 3.05) is 33.9 Å². The number of amidine groups is 1. The predicted octanol–water partition coefficient (Wildman–Crippen LogP) is 4.20. The Balaban J connectivity index is 0.000000782. The van der Waals surface area contributed by atoms with Crippen LogP contribution in [0.5, 0.6) is 17.2 Å². The number of alkyl halides is 3. The number of nitrogens with zero attached hydrogens (tertiary/aromatic N) is 2. The van der Waals surface area contributed by atoms with Crippen molar-refractivity contribution in [3.63, 3.8) is 0 Å². The van der Waals surface area contributed by atoms with Crippen LogP contribution >= 0.6 is 0 Å². The highest BCUT2D eigenvalue weighted by atomic mass is 19.4. The van der Waals surface area contributed by atoms with Gasteiger partial charge in [0.1, 0.15) is 11.5 Å². The van der Waals surface area contributed by atoms with Gasteiger partial charge in [-0.25, -0.2) is 9.78 Å². The number of Topliss-reactive ketones (excluding diaryl/α,β-unsaturated/α-hetero) is 1. The first-order valence-electron chi connectivity index (χ1n) is 12.9. The topological polar surface area (TPSA) is 151 Å². The largest absolute Gasteiger partial charge is 0.493 e. The molecule has 0 radical (unpaired) electrons. The summed E-state index contributed by atoms with van der Waals surface area (Å²) in [5.74, 6) is -1.72. The lowest BCUT2D eigenvalue weighted by Crippen LogP contribution is -2.31. The summed E-state index contributed by atoms with van der Waals surface area (Å²) in [6.07, 6.45) is -5.08. The number of pyridine rings is 1. The number of nitrogens with one attached hydrogen (secondary N) is 2. The molecule has 0 saturated heterocycles. The number of ketones is 1. The first kappa shape index (κ1) is 33.8. The van der Waals surface area contributed by atoms with E-state index in [-0.39, 0.29) is 29.3 Å². The third-order valence-corrected chi connectivity index (χ3v) is 5.98. The number of methoxy groups -OCH3 is 1. The van der Waals surface area contributed by atoms with Crippen LogP contribution in [0.15, 0.2) is 18.2 Å². The van der Waals surface area contributed by atoms with E-state index in [1.807, 2.05) is 40.7 Å². The molecule has 0 saturated carbocycles. The van der Waals surface area contributed by atoms with Crippen LogP contribution < -0.4 is 19.5 Å². The van der Waals surface area contributed by atoms with Gasteiger partial charge in [-0.15, -0.1) is 0 Å². The van der Waals surface area contributed by atoms with E-state index in [1.54, 1.807) is 24.1 Å². The highest BCUT2D eigenvalue weighted by Crippen LogP contribution is 2.40. The van der Waals surface area contributed by atoms with Gasteiger partial charge in [0.05, 0.1) is 26.9 Å². The number of fused-ring (bicyclic) bond motifs is 1. The molecule has 0 atom stereocenters. The average Bonchev–Trinajstić information content (AvgIpc) is 3.20. The fourth-order valence-electron chi connectivity index (χ4n) is 4.03. The minimum absolute atomic E-state index is 0.0179.